The Kier molecular flexibility index (Phi) is 6.37. The van der Waals surface area contributed by atoms with E-state index in [1.807, 2.05) is 11.0 Å². The number of fused-ring (bicyclic) bond motifs is 1. The van der Waals surface area contributed by atoms with E-state index >= 15 is 0 Å². The lowest BCUT2D eigenvalue weighted by Gasteiger charge is -2.25. The number of nitrogens with one attached hydrogen (secondary N) is 1. The van der Waals surface area contributed by atoms with Gasteiger partial charge >= 0.3 is 0 Å². The molecule has 7 heteroatoms. The number of hydrogen-bond acceptors (Lipinski definition) is 5. The molecule has 3 heterocycles. The minimum atomic E-state index is 0.128. The van der Waals surface area contributed by atoms with Gasteiger partial charge in [0.05, 0.1) is 10.7 Å². The van der Waals surface area contributed by atoms with Crippen molar-refractivity contribution in [2.24, 2.45) is 0 Å². The second-order valence-corrected chi connectivity index (χ2v) is 9.67. The lowest BCUT2D eigenvalue weighted by atomic mass is 9.91. The summed E-state index contributed by atoms with van der Waals surface area (Å²) in [6.07, 6.45) is 6.09. The summed E-state index contributed by atoms with van der Waals surface area (Å²) in [5.74, 6) is 0.128. The molecule has 5 rings (SSSR count). The van der Waals surface area contributed by atoms with Crippen LogP contribution in [0, 0.1) is 0 Å². The maximum absolute atomic E-state index is 13.1. The van der Waals surface area contributed by atoms with Crippen LogP contribution >= 0.6 is 11.3 Å². The number of thiazole rings is 1. The van der Waals surface area contributed by atoms with E-state index < -0.39 is 0 Å². The van der Waals surface area contributed by atoms with E-state index in [1.54, 1.807) is 11.3 Å². The molecule has 1 aromatic carbocycles. The van der Waals surface area contributed by atoms with E-state index in [9.17, 15) is 4.79 Å². The fraction of sp³-hybridized carbons (Fsp3) is 0.480. The van der Waals surface area contributed by atoms with E-state index in [2.05, 4.69) is 46.6 Å². The zero-order chi connectivity index (χ0) is 21.9. The van der Waals surface area contributed by atoms with Gasteiger partial charge in [-0.3, -0.25) is 9.48 Å². The summed E-state index contributed by atoms with van der Waals surface area (Å²) in [6, 6.07) is 10.7. The molecule has 1 N–H and O–H groups in total. The van der Waals surface area contributed by atoms with Gasteiger partial charge in [0.15, 0.2) is 5.69 Å². The molecular weight excluding hydrogens is 418 g/mol. The van der Waals surface area contributed by atoms with Crippen LogP contribution < -0.4 is 5.32 Å². The topological polar surface area (TPSA) is 63.1 Å². The second-order valence-electron chi connectivity index (χ2n) is 8.73. The van der Waals surface area contributed by atoms with Crippen LogP contribution in [-0.2, 0) is 25.8 Å². The fourth-order valence-electron chi connectivity index (χ4n) is 4.92. The fourth-order valence-corrected chi connectivity index (χ4v) is 5.72. The number of likely N-dealkylation sites (tertiary alicyclic amines) is 1. The highest BCUT2D eigenvalue weighted by Gasteiger charge is 2.31. The maximum atomic E-state index is 13.1. The molecule has 2 aromatic heterocycles. The lowest BCUT2D eigenvalue weighted by molar-refractivity contribution is 0.0785. The number of aromatic nitrogens is 3. The van der Waals surface area contributed by atoms with Crippen molar-refractivity contribution < 1.29 is 4.79 Å². The maximum Gasteiger partial charge on any atom is 0.274 e. The van der Waals surface area contributed by atoms with E-state index in [-0.39, 0.29) is 5.91 Å². The van der Waals surface area contributed by atoms with Crippen LogP contribution in [0.3, 0.4) is 0 Å². The van der Waals surface area contributed by atoms with Gasteiger partial charge in [-0.2, -0.15) is 5.10 Å². The van der Waals surface area contributed by atoms with Gasteiger partial charge in [0, 0.05) is 60.8 Å². The van der Waals surface area contributed by atoms with Crippen molar-refractivity contribution in [3.8, 4) is 11.3 Å². The average Bonchev–Trinajstić information content (AvgIpc) is 3.59. The Morgan fingerprint density at radius 2 is 2.03 bits per heavy atom. The predicted molar refractivity (Wildman–Crippen MR) is 128 cm³/mol. The first-order valence-electron chi connectivity index (χ1n) is 11.8. The van der Waals surface area contributed by atoms with E-state index in [0.717, 1.165) is 75.4 Å². The van der Waals surface area contributed by atoms with Crippen molar-refractivity contribution in [2.45, 2.75) is 58.0 Å². The molecule has 1 atom stereocenters. The first-order chi connectivity index (χ1) is 15.7. The Labute approximate surface area is 193 Å². The van der Waals surface area contributed by atoms with Gasteiger partial charge in [-0.05, 0) is 39.0 Å². The SMILES string of the molecule is CCn1nc(C(=O)N2CCCC2)c2c1CC[C@H](NCCc1nc(-c3ccccc3)cs1)C2. The monoisotopic (exact) mass is 449 g/mol. The van der Waals surface area contributed by atoms with E-state index in [4.69, 9.17) is 10.1 Å². The smallest absolute Gasteiger partial charge is 0.274 e. The zero-order valence-electron chi connectivity index (χ0n) is 18.7. The molecule has 0 bridgehead atoms. The zero-order valence-corrected chi connectivity index (χ0v) is 19.5. The Morgan fingerprint density at radius 3 is 2.81 bits per heavy atom. The highest BCUT2D eigenvalue weighted by atomic mass is 32.1. The normalized spacial score (nSPS) is 18.2. The Bertz CT molecular complexity index is 1070. The van der Waals surface area contributed by atoms with E-state index in [1.165, 1.54) is 16.8 Å². The van der Waals surface area contributed by atoms with E-state index in [0.29, 0.717) is 11.7 Å². The van der Waals surface area contributed by atoms with Gasteiger partial charge < -0.3 is 10.2 Å². The number of hydrogen-bond donors (Lipinski definition) is 1. The average molecular weight is 450 g/mol. The van der Waals surface area contributed by atoms with Gasteiger partial charge in [0.25, 0.3) is 5.91 Å². The van der Waals surface area contributed by atoms with Crippen molar-refractivity contribution in [1.82, 2.24) is 25.0 Å². The Balaban J connectivity index is 1.21. The van der Waals surface area contributed by atoms with Crippen molar-refractivity contribution in [3.63, 3.8) is 0 Å². The summed E-state index contributed by atoms with van der Waals surface area (Å²) in [7, 11) is 0. The standard InChI is InChI=1S/C25H31N5OS/c1-2-30-22-11-10-19(16-20(22)24(28-30)25(31)29-14-6-7-15-29)26-13-12-23-27-21(17-32-23)18-8-4-3-5-9-18/h3-5,8-9,17,19,26H,2,6-7,10-16H2,1H3/t19-/m0/s1. The molecule has 0 radical (unpaired) electrons. The first kappa shape index (κ1) is 21.3. The molecule has 1 aliphatic carbocycles. The van der Waals surface area contributed by atoms with Gasteiger partial charge in [-0.1, -0.05) is 30.3 Å². The minimum Gasteiger partial charge on any atom is -0.337 e. The summed E-state index contributed by atoms with van der Waals surface area (Å²) in [5, 5.41) is 11.8. The third-order valence-corrected chi connectivity index (χ3v) is 7.54. The number of amides is 1. The number of carbonyl (C=O) groups is 1. The number of rotatable bonds is 7. The highest BCUT2D eigenvalue weighted by molar-refractivity contribution is 7.09. The Hall–Kier alpha value is -2.51. The summed E-state index contributed by atoms with van der Waals surface area (Å²) < 4.78 is 2.05. The van der Waals surface area contributed by atoms with Crippen LogP contribution in [-0.4, -0.2) is 51.2 Å². The van der Waals surface area contributed by atoms with Crippen molar-refractivity contribution in [1.29, 1.82) is 0 Å². The minimum absolute atomic E-state index is 0.128. The number of aryl methyl sites for hydroxylation is 1. The number of carbonyl (C=O) groups excluding carboxylic acids is 1. The van der Waals surface area contributed by atoms with Crippen molar-refractivity contribution >= 4 is 17.2 Å². The summed E-state index contributed by atoms with van der Waals surface area (Å²) in [6.45, 7) is 5.57. The van der Waals surface area contributed by atoms with Gasteiger partial charge in [-0.15, -0.1) is 11.3 Å². The highest BCUT2D eigenvalue weighted by Crippen LogP contribution is 2.27. The number of benzene rings is 1. The molecule has 0 spiro atoms. The summed E-state index contributed by atoms with van der Waals surface area (Å²) in [5.41, 5.74) is 5.37. The molecule has 1 amide bonds. The molecule has 168 valence electrons. The molecule has 2 aliphatic rings. The second kappa shape index (κ2) is 9.55. The van der Waals surface area contributed by atoms with Crippen LogP contribution in [0.15, 0.2) is 35.7 Å². The third-order valence-electron chi connectivity index (χ3n) is 6.64. The Morgan fingerprint density at radius 1 is 1.22 bits per heavy atom. The van der Waals surface area contributed by atoms with Crippen molar-refractivity contribution in [3.05, 3.63) is 57.7 Å². The largest absolute Gasteiger partial charge is 0.337 e. The molecule has 0 unspecified atom stereocenters. The van der Waals surface area contributed by atoms with Crippen LogP contribution in [0.1, 0.15) is 52.9 Å². The number of nitrogens with zero attached hydrogens (tertiary/aromatic N) is 4. The van der Waals surface area contributed by atoms with Crippen LogP contribution in [0.4, 0.5) is 0 Å². The molecule has 1 fully saturated rings. The molecule has 1 saturated heterocycles. The predicted octanol–water partition coefficient (Wildman–Crippen LogP) is 3.95. The van der Waals surface area contributed by atoms with Crippen LogP contribution in [0.2, 0.25) is 0 Å². The lowest BCUT2D eigenvalue weighted by Crippen LogP contribution is -2.37. The molecule has 32 heavy (non-hydrogen) atoms. The van der Waals surface area contributed by atoms with Crippen LogP contribution in [0.5, 0.6) is 0 Å². The summed E-state index contributed by atoms with van der Waals surface area (Å²) >= 11 is 1.73. The molecule has 3 aromatic rings. The summed E-state index contributed by atoms with van der Waals surface area (Å²) in [4.78, 5) is 19.9. The van der Waals surface area contributed by atoms with Crippen LogP contribution in [0.25, 0.3) is 11.3 Å². The molecule has 1 aliphatic heterocycles. The third kappa shape index (κ3) is 4.36. The van der Waals surface area contributed by atoms with Crippen molar-refractivity contribution in [2.75, 3.05) is 19.6 Å². The molecule has 0 saturated carbocycles. The quantitative estimate of drug-likeness (QED) is 0.593. The molecule has 6 nitrogen and oxygen atoms in total. The first-order valence-corrected chi connectivity index (χ1v) is 12.7. The molecular formula is C25H31N5OS. The van der Waals surface area contributed by atoms with Gasteiger partial charge in [-0.25, -0.2) is 4.98 Å². The van der Waals surface area contributed by atoms with Gasteiger partial charge in [0.2, 0.25) is 0 Å². The van der Waals surface area contributed by atoms with Gasteiger partial charge in [0.1, 0.15) is 0 Å².